The normalized spacial score (nSPS) is 10.6. The van der Waals surface area contributed by atoms with E-state index >= 15 is 0 Å². The number of carboxylic acid groups (broad SMARTS) is 1. The number of rotatable bonds is 3. The summed E-state index contributed by atoms with van der Waals surface area (Å²) in [6, 6.07) is 16.9. The van der Waals surface area contributed by atoms with Crippen molar-refractivity contribution < 1.29 is 44.6 Å². The molecule has 1 N–H and O–H groups in total. The smallest absolute Gasteiger partial charge is 0.545 e. The van der Waals surface area contributed by atoms with E-state index in [9.17, 15) is 15.0 Å². The van der Waals surface area contributed by atoms with E-state index in [1.54, 1.807) is 18.2 Å². The molecule has 0 atom stereocenters. The third-order valence-corrected chi connectivity index (χ3v) is 3.26. The van der Waals surface area contributed by atoms with Crippen LogP contribution in [0.5, 0.6) is 5.75 Å². The number of carboxylic acids is 1. The van der Waals surface area contributed by atoms with Crippen molar-refractivity contribution in [3.05, 3.63) is 66.2 Å². The maximum atomic E-state index is 11.1. The van der Waals surface area contributed by atoms with Crippen LogP contribution in [0.25, 0.3) is 10.8 Å². The van der Waals surface area contributed by atoms with Gasteiger partial charge in [-0.05, 0) is 17.5 Å². The Morgan fingerprint density at radius 1 is 0.913 bits per heavy atom. The largest absolute Gasteiger partial charge is 1.00 e. The second-order valence-corrected chi connectivity index (χ2v) is 4.66. The SMILES string of the molecule is O=C([O-])c1ccccc1N=Nc1c(O)ccc2ccccc12.[Na+]. The molecule has 108 valence electrons. The second-order valence-electron chi connectivity index (χ2n) is 4.66. The molecule has 0 saturated heterocycles. The molecule has 0 aliphatic rings. The summed E-state index contributed by atoms with van der Waals surface area (Å²) in [5.41, 5.74) is 0.423. The molecule has 3 aromatic rings. The van der Waals surface area contributed by atoms with Crippen LogP contribution in [0.4, 0.5) is 11.4 Å². The maximum Gasteiger partial charge on any atom is 1.00 e. The van der Waals surface area contributed by atoms with Crippen molar-refractivity contribution in [3.8, 4) is 5.75 Å². The zero-order chi connectivity index (χ0) is 15.5. The summed E-state index contributed by atoms with van der Waals surface area (Å²) in [5, 5.41) is 30.7. The Balaban J connectivity index is 0.00000192. The molecule has 0 unspecified atom stereocenters. The molecule has 0 spiro atoms. The number of aromatic hydroxyl groups is 1. The molecular weight excluding hydrogens is 303 g/mol. The Kier molecular flexibility index (Phi) is 5.50. The number of nitrogens with zero attached hydrogens (tertiary/aromatic N) is 2. The molecule has 0 amide bonds. The van der Waals surface area contributed by atoms with Gasteiger partial charge in [0.25, 0.3) is 0 Å². The van der Waals surface area contributed by atoms with Gasteiger partial charge in [0.1, 0.15) is 11.4 Å². The van der Waals surface area contributed by atoms with Gasteiger partial charge in [-0.2, -0.15) is 0 Å². The van der Waals surface area contributed by atoms with Crippen molar-refractivity contribution in [3.63, 3.8) is 0 Å². The van der Waals surface area contributed by atoms with E-state index in [4.69, 9.17) is 0 Å². The molecule has 0 radical (unpaired) electrons. The van der Waals surface area contributed by atoms with Gasteiger partial charge in [0.2, 0.25) is 0 Å². The van der Waals surface area contributed by atoms with Gasteiger partial charge < -0.3 is 15.0 Å². The number of carbonyl (C=O) groups excluding carboxylic acids is 1. The molecule has 0 aliphatic heterocycles. The third-order valence-electron chi connectivity index (χ3n) is 3.26. The second kappa shape index (κ2) is 7.37. The number of hydrogen-bond acceptors (Lipinski definition) is 5. The van der Waals surface area contributed by atoms with Crippen LogP contribution in [0, 0.1) is 0 Å². The van der Waals surface area contributed by atoms with Crippen LogP contribution in [0.3, 0.4) is 0 Å². The first-order chi connectivity index (χ1) is 10.7. The number of hydrogen-bond donors (Lipinski definition) is 1. The molecule has 0 fully saturated rings. The summed E-state index contributed by atoms with van der Waals surface area (Å²) in [6.45, 7) is 0. The molecule has 0 heterocycles. The monoisotopic (exact) mass is 314 g/mol. The first kappa shape index (κ1) is 17.1. The third kappa shape index (κ3) is 3.59. The quantitative estimate of drug-likeness (QED) is 0.558. The van der Waals surface area contributed by atoms with Gasteiger partial charge in [-0.15, -0.1) is 10.2 Å². The van der Waals surface area contributed by atoms with Gasteiger partial charge in [0, 0.05) is 10.9 Å². The van der Waals surface area contributed by atoms with Gasteiger partial charge >= 0.3 is 29.6 Å². The standard InChI is InChI=1S/C17H12N2O3.Na/c20-15-10-9-11-5-1-2-6-12(11)16(15)19-18-14-8-4-3-7-13(14)17(21)22;/h1-10,20H,(H,21,22);/q;+1/p-1. The van der Waals surface area contributed by atoms with Crippen molar-refractivity contribution in [2.24, 2.45) is 10.2 Å². The minimum absolute atomic E-state index is 0. The summed E-state index contributed by atoms with van der Waals surface area (Å²) in [5.74, 6) is -1.34. The molecule has 5 nitrogen and oxygen atoms in total. The Hall–Kier alpha value is -2.21. The molecule has 0 saturated carbocycles. The molecule has 3 rings (SSSR count). The van der Waals surface area contributed by atoms with Gasteiger partial charge in [-0.25, -0.2) is 0 Å². The summed E-state index contributed by atoms with van der Waals surface area (Å²) >= 11 is 0. The fraction of sp³-hybridized carbons (Fsp3) is 0. The molecular formula is C17H11N2NaO3. The van der Waals surface area contributed by atoms with Crippen LogP contribution in [0.2, 0.25) is 0 Å². The van der Waals surface area contributed by atoms with E-state index < -0.39 is 5.97 Å². The Bertz CT molecular complexity index is 894. The van der Waals surface area contributed by atoms with Gasteiger partial charge in [-0.1, -0.05) is 48.5 Å². The zero-order valence-corrected chi connectivity index (χ0v) is 14.4. The molecule has 3 aromatic carbocycles. The first-order valence-corrected chi connectivity index (χ1v) is 6.59. The predicted octanol–water partition coefficient (Wildman–Crippen LogP) is 0.328. The van der Waals surface area contributed by atoms with Crippen molar-refractivity contribution >= 4 is 28.1 Å². The van der Waals surface area contributed by atoms with E-state index in [1.807, 2.05) is 24.3 Å². The van der Waals surface area contributed by atoms with Crippen LogP contribution in [-0.4, -0.2) is 11.1 Å². The van der Waals surface area contributed by atoms with E-state index in [1.165, 1.54) is 18.2 Å². The molecule has 0 aromatic heterocycles. The van der Waals surface area contributed by atoms with Crippen LogP contribution < -0.4 is 34.7 Å². The van der Waals surface area contributed by atoms with Gasteiger partial charge in [0.05, 0.1) is 11.7 Å². The van der Waals surface area contributed by atoms with Crippen LogP contribution in [0.1, 0.15) is 10.4 Å². The van der Waals surface area contributed by atoms with Gasteiger partial charge in [0.15, 0.2) is 0 Å². The van der Waals surface area contributed by atoms with E-state index in [0.29, 0.717) is 5.69 Å². The Labute approximate surface area is 154 Å². The Morgan fingerprint density at radius 3 is 2.39 bits per heavy atom. The van der Waals surface area contributed by atoms with Crippen LogP contribution >= 0.6 is 0 Å². The fourth-order valence-corrected chi connectivity index (χ4v) is 2.19. The summed E-state index contributed by atoms with van der Waals surface area (Å²) in [6.07, 6.45) is 0. The molecule has 0 aliphatic carbocycles. The van der Waals surface area contributed by atoms with Crippen LogP contribution in [-0.2, 0) is 0 Å². The number of phenols is 1. The topological polar surface area (TPSA) is 85.1 Å². The average Bonchev–Trinajstić information content (AvgIpc) is 2.54. The van der Waals surface area contributed by atoms with Crippen molar-refractivity contribution in [2.75, 3.05) is 0 Å². The first-order valence-electron chi connectivity index (χ1n) is 6.59. The van der Waals surface area contributed by atoms with Gasteiger partial charge in [-0.3, -0.25) is 0 Å². The van der Waals surface area contributed by atoms with E-state index in [2.05, 4.69) is 10.2 Å². The number of benzene rings is 3. The van der Waals surface area contributed by atoms with Crippen molar-refractivity contribution in [1.82, 2.24) is 0 Å². The summed E-state index contributed by atoms with van der Waals surface area (Å²) in [7, 11) is 0. The fourth-order valence-electron chi connectivity index (χ4n) is 2.19. The summed E-state index contributed by atoms with van der Waals surface area (Å²) < 4.78 is 0. The molecule has 23 heavy (non-hydrogen) atoms. The minimum atomic E-state index is -1.32. The molecule has 0 bridgehead atoms. The maximum absolute atomic E-state index is 11.1. The number of phenolic OH excluding ortho intramolecular Hbond substituents is 1. The minimum Gasteiger partial charge on any atom is -0.545 e. The van der Waals surface area contributed by atoms with Crippen LogP contribution in [0.15, 0.2) is 70.9 Å². The summed E-state index contributed by atoms with van der Waals surface area (Å²) in [4.78, 5) is 11.1. The van der Waals surface area contributed by atoms with E-state index in [-0.39, 0.29) is 46.6 Å². The molecule has 6 heteroatoms. The number of carbonyl (C=O) groups is 1. The van der Waals surface area contributed by atoms with Crippen molar-refractivity contribution in [1.29, 1.82) is 0 Å². The number of aromatic carboxylic acids is 1. The zero-order valence-electron chi connectivity index (χ0n) is 12.4. The van der Waals surface area contributed by atoms with E-state index in [0.717, 1.165) is 10.8 Å². The number of fused-ring (bicyclic) bond motifs is 1. The average molecular weight is 314 g/mol. The predicted molar refractivity (Wildman–Crippen MR) is 80.6 cm³/mol. The van der Waals surface area contributed by atoms with Crippen molar-refractivity contribution in [2.45, 2.75) is 0 Å². The Morgan fingerprint density at radius 2 is 1.61 bits per heavy atom. The number of azo groups is 1.